The topological polar surface area (TPSA) is 114 Å². The van der Waals surface area contributed by atoms with Gasteiger partial charge in [0.25, 0.3) is 5.91 Å². The monoisotopic (exact) mass is 449 g/mol. The normalized spacial score (nSPS) is 26.0. The Morgan fingerprint density at radius 2 is 2.03 bits per heavy atom. The Labute approximate surface area is 185 Å². The Bertz CT molecular complexity index is 881. The predicted octanol–water partition coefficient (Wildman–Crippen LogP) is 0.323. The first-order valence-electron chi connectivity index (χ1n) is 10.6. The van der Waals surface area contributed by atoms with Crippen LogP contribution in [-0.2, 0) is 28.7 Å². The van der Waals surface area contributed by atoms with Gasteiger partial charge in [0.05, 0.1) is 6.10 Å². The minimum absolute atomic E-state index is 0.176. The van der Waals surface area contributed by atoms with Crippen LogP contribution in [0, 0.1) is 0 Å². The minimum atomic E-state index is -1.82. The van der Waals surface area contributed by atoms with Crippen molar-refractivity contribution in [1.29, 1.82) is 0 Å². The van der Waals surface area contributed by atoms with E-state index in [2.05, 4.69) is 10.6 Å². The second-order valence-electron chi connectivity index (χ2n) is 7.91. The lowest BCUT2D eigenvalue weighted by Crippen LogP contribution is -2.35. The number of amides is 2. The van der Waals surface area contributed by atoms with Crippen LogP contribution in [0.4, 0.5) is 4.39 Å². The van der Waals surface area contributed by atoms with Crippen molar-refractivity contribution in [2.45, 2.75) is 45.2 Å². The number of hydrogen-bond acceptors (Lipinski definition) is 7. The molecular formula is C22H28FN3O6. The van der Waals surface area contributed by atoms with Crippen molar-refractivity contribution in [3.63, 3.8) is 0 Å². The van der Waals surface area contributed by atoms with Gasteiger partial charge in [-0.1, -0.05) is 18.2 Å². The third kappa shape index (κ3) is 5.89. The zero-order chi connectivity index (χ0) is 23.3. The van der Waals surface area contributed by atoms with E-state index in [1.807, 2.05) is 0 Å². The summed E-state index contributed by atoms with van der Waals surface area (Å²) in [6.07, 6.45) is 3.19. The SMILES string of the molecule is CC(=O)NCC1CNC(C2=CC=C(C3=CCN(C(=O)COC(C)=O)CCC3)[C@H](F)C2=O)O1. The summed E-state index contributed by atoms with van der Waals surface area (Å²) in [5, 5.41) is 5.70. The molecule has 3 rings (SSSR count). The number of ketones is 1. The zero-order valence-corrected chi connectivity index (χ0v) is 18.2. The number of halogens is 1. The van der Waals surface area contributed by atoms with Gasteiger partial charge in [0.2, 0.25) is 11.7 Å². The fraction of sp³-hybridized carbons (Fsp3) is 0.545. The molecule has 2 unspecified atom stereocenters. The van der Waals surface area contributed by atoms with E-state index in [0.29, 0.717) is 43.6 Å². The van der Waals surface area contributed by atoms with Crippen LogP contribution in [0.25, 0.3) is 0 Å². The van der Waals surface area contributed by atoms with Gasteiger partial charge in [0.1, 0.15) is 6.23 Å². The van der Waals surface area contributed by atoms with Gasteiger partial charge in [-0.25, -0.2) is 4.39 Å². The summed E-state index contributed by atoms with van der Waals surface area (Å²) in [7, 11) is 0. The fourth-order valence-electron chi connectivity index (χ4n) is 3.83. The summed E-state index contributed by atoms with van der Waals surface area (Å²) >= 11 is 0. The van der Waals surface area contributed by atoms with Gasteiger partial charge in [-0.3, -0.25) is 24.5 Å². The molecule has 2 heterocycles. The van der Waals surface area contributed by atoms with E-state index >= 15 is 4.39 Å². The number of allylic oxidation sites excluding steroid dienone is 4. The van der Waals surface area contributed by atoms with Crippen molar-refractivity contribution in [2.24, 2.45) is 0 Å². The summed E-state index contributed by atoms with van der Waals surface area (Å²) in [5.41, 5.74) is 1.19. The summed E-state index contributed by atoms with van der Waals surface area (Å²) in [6.45, 7) is 3.76. The second kappa shape index (κ2) is 10.6. The molecule has 174 valence electrons. The van der Waals surface area contributed by atoms with E-state index in [1.165, 1.54) is 13.8 Å². The van der Waals surface area contributed by atoms with E-state index < -0.39 is 24.2 Å². The molecular weight excluding hydrogens is 421 g/mol. The second-order valence-corrected chi connectivity index (χ2v) is 7.91. The lowest BCUT2D eigenvalue weighted by atomic mass is 9.88. The number of nitrogens with one attached hydrogen (secondary N) is 2. The van der Waals surface area contributed by atoms with E-state index in [1.54, 1.807) is 23.1 Å². The molecule has 32 heavy (non-hydrogen) atoms. The highest BCUT2D eigenvalue weighted by atomic mass is 19.1. The molecule has 9 nitrogen and oxygen atoms in total. The largest absolute Gasteiger partial charge is 0.456 e. The fourth-order valence-corrected chi connectivity index (χ4v) is 3.83. The maximum Gasteiger partial charge on any atom is 0.303 e. The molecule has 0 spiro atoms. The molecule has 2 N–H and O–H groups in total. The van der Waals surface area contributed by atoms with Crippen molar-refractivity contribution in [3.8, 4) is 0 Å². The number of nitrogens with zero attached hydrogens (tertiary/aromatic N) is 1. The van der Waals surface area contributed by atoms with E-state index in [0.717, 1.165) is 0 Å². The van der Waals surface area contributed by atoms with Gasteiger partial charge in [0.15, 0.2) is 12.8 Å². The summed E-state index contributed by atoms with van der Waals surface area (Å²) in [6, 6.07) is 0. The predicted molar refractivity (Wildman–Crippen MR) is 112 cm³/mol. The molecule has 1 fully saturated rings. The van der Waals surface area contributed by atoms with Gasteiger partial charge in [0, 0.05) is 45.6 Å². The highest BCUT2D eigenvalue weighted by Crippen LogP contribution is 2.31. The molecule has 0 bridgehead atoms. The Hall–Kier alpha value is -2.85. The lowest BCUT2D eigenvalue weighted by molar-refractivity contribution is -0.150. The number of esters is 1. The number of alkyl halides is 1. The van der Waals surface area contributed by atoms with Gasteiger partial charge >= 0.3 is 5.97 Å². The van der Waals surface area contributed by atoms with Crippen molar-refractivity contribution in [1.82, 2.24) is 15.5 Å². The molecule has 1 saturated heterocycles. The van der Waals surface area contributed by atoms with Gasteiger partial charge in [-0.05, 0) is 24.0 Å². The molecule has 3 atom stereocenters. The molecule has 0 radical (unpaired) electrons. The average molecular weight is 449 g/mol. The third-order valence-electron chi connectivity index (χ3n) is 5.51. The quantitative estimate of drug-likeness (QED) is 0.562. The first-order valence-corrected chi connectivity index (χ1v) is 10.6. The molecule has 1 aliphatic carbocycles. The van der Waals surface area contributed by atoms with E-state index in [9.17, 15) is 19.2 Å². The number of hydrogen-bond donors (Lipinski definition) is 2. The summed E-state index contributed by atoms with van der Waals surface area (Å²) in [4.78, 5) is 48.4. The number of carbonyl (C=O) groups is 4. The Kier molecular flexibility index (Phi) is 7.92. The molecule has 0 aromatic heterocycles. The van der Waals surface area contributed by atoms with Crippen LogP contribution < -0.4 is 10.6 Å². The Balaban J connectivity index is 1.66. The number of carbonyl (C=O) groups excluding carboxylic acids is 4. The van der Waals surface area contributed by atoms with Crippen molar-refractivity contribution < 1.29 is 33.0 Å². The first-order chi connectivity index (χ1) is 15.3. The molecule has 0 aromatic rings. The van der Waals surface area contributed by atoms with Crippen LogP contribution in [0.2, 0.25) is 0 Å². The smallest absolute Gasteiger partial charge is 0.303 e. The molecule has 3 aliphatic rings. The average Bonchev–Trinajstić information content (AvgIpc) is 3.08. The van der Waals surface area contributed by atoms with Crippen LogP contribution in [0.3, 0.4) is 0 Å². The van der Waals surface area contributed by atoms with Gasteiger partial charge < -0.3 is 19.7 Å². The molecule has 0 aromatic carbocycles. The molecule has 0 saturated carbocycles. The Morgan fingerprint density at radius 3 is 2.75 bits per heavy atom. The summed E-state index contributed by atoms with van der Waals surface area (Å²) in [5.74, 6) is -1.68. The minimum Gasteiger partial charge on any atom is -0.456 e. The maximum absolute atomic E-state index is 15.1. The third-order valence-corrected chi connectivity index (χ3v) is 5.51. The van der Waals surface area contributed by atoms with Crippen LogP contribution >= 0.6 is 0 Å². The van der Waals surface area contributed by atoms with Crippen LogP contribution in [0.5, 0.6) is 0 Å². The van der Waals surface area contributed by atoms with Crippen LogP contribution in [0.1, 0.15) is 26.7 Å². The highest BCUT2D eigenvalue weighted by Gasteiger charge is 2.37. The van der Waals surface area contributed by atoms with Crippen molar-refractivity contribution in [2.75, 3.05) is 32.8 Å². The van der Waals surface area contributed by atoms with Crippen LogP contribution in [0.15, 0.2) is 34.9 Å². The number of rotatable bonds is 6. The summed E-state index contributed by atoms with van der Waals surface area (Å²) < 4.78 is 25.6. The first kappa shape index (κ1) is 23.8. The van der Waals surface area contributed by atoms with Crippen LogP contribution in [-0.4, -0.2) is 79.8 Å². The Morgan fingerprint density at radius 1 is 1.28 bits per heavy atom. The standard InChI is InChI=1S/C22H28FN3O6/c1-13(27)24-10-16-11-25-22(32-16)18-6-5-17(20(23)21(18)30)15-4-3-8-26(9-7-15)19(29)12-31-14(2)28/h5-7,16,20,22,25H,3-4,8-12H2,1-2H3,(H,24,27)/t16?,20-,22?/m0/s1. The highest BCUT2D eigenvalue weighted by molar-refractivity contribution is 6.03. The van der Waals surface area contributed by atoms with E-state index in [4.69, 9.17) is 9.47 Å². The van der Waals surface area contributed by atoms with E-state index in [-0.39, 0.29) is 36.6 Å². The number of ether oxygens (including phenoxy) is 2. The zero-order valence-electron chi connectivity index (χ0n) is 18.2. The maximum atomic E-state index is 15.1. The van der Waals surface area contributed by atoms with Gasteiger partial charge in [-0.15, -0.1) is 0 Å². The number of Topliss-reactive ketones (excluding diaryl/α,β-unsaturated/α-hetero) is 1. The molecule has 10 heteroatoms. The van der Waals surface area contributed by atoms with Crippen molar-refractivity contribution in [3.05, 3.63) is 34.9 Å². The molecule has 2 aliphatic heterocycles. The lowest BCUT2D eigenvalue weighted by Gasteiger charge is -2.23. The van der Waals surface area contributed by atoms with Gasteiger partial charge in [-0.2, -0.15) is 0 Å². The molecule has 2 amide bonds. The van der Waals surface area contributed by atoms with Crippen molar-refractivity contribution >= 4 is 23.6 Å².